The molecule has 1 N–H and O–H groups in total. The molecule has 2 fully saturated rings. The smallest absolute Gasteiger partial charge is 0.237 e. The van der Waals surface area contributed by atoms with Crippen LogP contribution in [0, 0.1) is 11.8 Å². The summed E-state index contributed by atoms with van der Waals surface area (Å²) in [6.45, 7) is 2.02. The average molecular weight is 217 g/mol. The van der Waals surface area contributed by atoms with E-state index in [1.807, 2.05) is 6.92 Å². The lowest BCUT2D eigenvalue weighted by atomic mass is 10.2. The van der Waals surface area contributed by atoms with Crippen molar-refractivity contribution in [3.8, 4) is 0 Å². The number of hydrogen-bond donors (Lipinski definition) is 1. The molecule has 5 heteroatoms. The highest BCUT2D eigenvalue weighted by molar-refractivity contribution is 7.90. The maximum atomic E-state index is 11.4. The van der Waals surface area contributed by atoms with Crippen LogP contribution < -0.4 is 4.72 Å². The fraction of sp³-hybridized carbons (Fsp3) is 0.889. The molecule has 1 amide bonds. The van der Waals surface area contributed by atoms with Crippen LogP contribution in [0.15, 0.2) is 0 Å². The molecule has 0 radical (unpaired) electrons. The number of carbonyl (C=O) groups is 1. The van der Waals surface area contributed by atoms with Crippen molar-refractivity contribution in [1.29, 1.82) is 0 Å². The minimum atomic E-state index is -3.32. The third-order valence-corrected chi connectivity index (χ3v) is 4.82. The van der Waals surface area contributed by atoms with Gasteiger partial charge in [-0.05, 0) is 25.2 Å². The predicted molar refractivity (Wildman–Crippen MR) is 52.0 cm³/mol. The molecule has 0 spiro atoms. The van der Waals surface area contributed by atoms with E-state index >= 15 is 0 Å². The fourth-order valence-electron chi connectivity index (χ4n) is 1.70. The van der Waals surface area contributed by atoms with E-state index in [-0.39, 0.29) is 17.1 Å². The van der Waals surface area contributed by atoms with Crippen LogP contribution in [0.5, 0.6) is 0 Å². The van der Waals surface area contributed by atoms with Crippen molar-refractivity contribution in [2.24, 2.45) is 11.8 Å². The van der Waals surface area contributed by atoms with Crippen LogP contribution in [0.2, 0.25) is 0 Å². The summed E-state index contributed by atoms with van der Waals surface area (Å²) in [7, 11) is -3.32. The minimum absolute atomic E-state index is 0.0477. The first-order valence-corrected chi connectivity index (χ1v) is 6.64. The van der Waals surface area contributed by atoms with Crippen LogP contribution in [0.3, 0.4) is 0 Å². The molecule has 0 saturated heterocycles. The Balaban J connectivity index is 1.89. The Morgan fingerprint density at radius 1 is 1.43 bits per heavy atom. The van der Waals surface area contributed by atoms with Gasteiger partial charge in [-0.3, -0.25) is 9.52 Å². The summed E-state index contributed by atoms with van der Waals surface area (Å²) < 4.78 is 25.0. The zero-order valence-corrected chi connectivity index (χ0v) is 9.01. The first-order chi connectivity index (χ1) is 6.54. The van der Waals surface area contributed by atoms with E-state index in [0.29, 0.717) is 18.8 Å². The summed E-state index contributed by atoms with van der Waals surface area (Å²) in [6, 6.07) is 0. The first-order valence-electron chi connectivity index (χ1n) is 5.10. The van der Waals surface area contributed by atoms with Gasteiger partial charge in [0.15, 0.2) is 0 Å². The average Bonchev–Trinajstić information content (AvgIpc) is 2.98. The number of amides is 1. The second kappa shape index (κ2) is 3.22. The topological polar surface area (TPSA) is 63.2 Å². The lowest BCUT2D eigenvalue weighted by Crippen LogP contribution is -2.34. The zero-order valence-electron chi connectivity index (χ0n) is 8.19. The largest absolute Gasteiger partial charge is 0.274 e. The van der Waals surface area contributed by atoms with E-state index in [1.165, 1.54) is 0 Å². The molecular formula is C9H15NO3S. The maximum Gasteiger partial charge on any atom is 0.237 e. The lowest BCUT2D eigenvalue weighted by Gasteiger charge is -2.04. The first kappa shape index (κ1) is 9.96. The minimum Gasteiger partial charge on any atom is -0.274 e. The fourth-order valence-corrected chi connectivity index (χ4v) is 3.05. The van der Waals surface area contributed by atoms with Crippen molar-refractivity contribution in [1.82, 2.24) is 4.72 Å². The highest BCUT2D eigenvalue weighted by Gasteiger charge is 2.45. The number of rotatable bonds is 4. The van der Waals surface area contributed by atoms with Gasteiger partial charge in [-0.1, -0.05) is 13.3 Å². The Labute approximate surface area is 84.1 Å². The van der Waals surface area contributed by atoms with Crippen LogP contribution in [0.1, 0.15) is 32.6 Å². The summed E-state index contributed by atoms with van der Waals surface area (Å²) in [4.78, 5) is 11.4. The summed E-state index contributed by atoms with van der Waals surface area (Å²) in [6.07, 6.45) is 3.21. The molecule has 2 atom stereocenters. The molecular weight excluding hydrogens is 202 g/mol. The second-order valence-corrected chi connectivity index (χ2v) is 6.18. The van der Waals surface area contributed by atoms with Gasteiger partial charge < -0.3 is 0 Å². The second-order valence-electron chi connectivity index (χ2n) is 4.22. The summed E-state index contributed by atoms with van der Waals surface area (Å²) in [5.74, 6) is 0.0710. The number of sulfonamides is 1. The van der Waals surface area contributed by atoms with Gasteiger partial charge in [0.2, 0.25) is 15.9 Å². The molecule has 0 aromatic heterocycles. The molecule has 0 bridgehead atoms. The highest BCUT2D eigenvalue weighted by Crippen LogP contribution is 2.41. The molecule has 4 nitrogen and oxygen atoms in total. The molecule has 2 aliphatic rings. The Bertz CT molecular complexity index is 345. The lowest BCUT2D eigenvalue weighted by molar-refractivity contribution is -0.120. The van der Waals surface area contributed by atoms with Gasteiger partial charge in [-0.25, -0.2) is 8.42 Å². The van der Waals surface area contributed by atoms with Crippen molar-refractivity contribution in [3.05, 3.63) is 0 Å². The summed E-state index contributed by atoms with van der Waals surface area (Å²) in [5, 5.41) is -0.301. The molecule has 2 saturated carbocycles. The molecule has 14 heavy (non-hydrogen) atoms. The van der Waals surface area contributed by atoms with Gasteiger partial charge >= 0.3 is 0 Å². The van der Waals surface area contributed by atoms with Crippen molar-refractivity contribution >= 4 is 15.9 Å². The van der Waals surface area contributed by atoms with Crippen LogP contribution in [-0.2, 0) is 14.8 Å². The zero-order chi connectivity index (χ0) is 10.3. The van der Waals surface area contributed by atoms with Crippen LogP contribution in [0.4, 0.5) is 0 Å². The Morgan fingerprint density at radius 3 is 2.50 bits per heavy atom. The molecule has 2 rings (SSSR count). The molecule has 0 aromatic carbocycles. The molecule has 80 valence electrons. The van der Waals surface area contributed by atoms with E-state index in [9.17, 15) is 13.2 Å². The van der Waals surface area contributed by atoms with Crippen molar-refractivity contribution in [2.45, 2.75) is 37.9 Å². The van der Waals surface area contributed by atoms with Crippen molar-refractivity contribution in [2.75, 3.05) is 0 Å². The van der Waals surface area contributed by atoms with E-state index in [0.717, 1.165) is 12.8 Å². The van der Waals surface area contributed by atoms with Crippen LogP contribution in [0.25, 0.3) is 0 Å². The third kappa shape index (κ3) is 1.92. The predicted octanol–water partition coefficient (Wildman–Crippen LogP) is 0.641. The monoisotopic (exact) mass is 217 g/mol. The van der Waals surface area contributed by atoms with Crippen LogP contribution >= 0.6 is 0 Å². The van der Waals surface area contributed by atoms with Gasteiger partial charge in [0, 0.05) is 5.92 Å². The Hall–Kier alpha value is -0.580. The third-order valence-electron chi connectivity index (χ3n) is 2.99. The van der Waals surface area contributed by atoms with Gasteiger partial charge in [0.25, 0.3) is 0 Å². The Kier molecular flexibility index (Phi) is 2.29. The quantitative estimate of drug-likeness (QED) is 0.751. The molecule has 0 aliphatic heterocycles. The summed E-state index contributed by atoms with van der Waals surface area (Å²) in [5.41, 5.74) is 0. The van der Waals surface area contributed by atoms with Crippen molar-refractivity contribution < 1.29 is 13.2 Å². The number of carbonyl (C=O) groups excluding carboxylic acids is 1. The van der Waals surface area contributed by atoms with E-state index in [4.69, 9.17) is 0 Å². The van der Waals surface area contributed by atoms with Crippen molar-refractivity contribution in [3.63, 3.8) is 0 Å². The maximum absolute atomic E-state index is 11.4. The number of nitrogens with one attached hydrogen (secondary N) is 1. The molecule has 2 aliphatic carbocycles. The van der Waals surface area contributed by atoms with Gasteiger partial charge in [-0.15, -0.1) is 0 Å². The summed E-state index contributed by atoms with van der Waals surface area (Å²) >= 11 is 0. The Morgan fingerprint density at radius 2 is 2.07 bits per heavy atom. The van der Waals surface area contributed by atoms with Gasteiger partial charge in [0.05, 0.1) is 5.25 Å². The van der Waals surface area contributed by atoms with Gasteiger partial charge in [0.1, 0.15) is 0 Å². The standard InChI is InChI=1S/C9H15NO3S/c1-2-6-5-8(6)9(11)10-14(12,13)7-3-4-7/h6-8H,2-5H2,1H3,(H,10,11)/t6?,8-/m0/s1. The SMILES string of the molecule is CCC1C[C@@H]1C(=O)NS(=O)(=O)C1CC1. The number of hydrogen-bond acceptors (Lipinski definition) is 3. The van der Waals surface area contributed by atoms with E-state index in [1.54, 1.807) is 0 Å². The molecule has 1 unspecified atom stereocenters. The van der Waals surface area contributed by atoms with Gasteiger partial charge in [-0.2, -0.15) is 0 Å². The highest BCUT2D eigenvalue weighted by atomic mass is 32.2. The van der Waals surface area contributed by atoms with E-state index < -0.39 is 10.0 Å². The van der Waals surface area contributed by atoms with Crippen LogP contribution in [-0.4, -0.2) is 19.6 Å². The molecule has 0 aromatic rings. The molecule has 0 heterocycles. The van der Waals surface area contributed by atoms with E-state index in [2.05, 4.69) is 4.72 Å². The normalized spacial score (nSPS) is 31.2.